The Kier molecular flexibility index (Phi) is 5.31. The molecule has 0 saturated heterocycles. The quantitative estimate of drug-likeness (QED) is 0.693. The van der Waals surface area contributed by atoms with Crippen LogP contribution in [-0.4, -0.2) is 41.0 Å². The number of aliphatic carboxylic acids is 1. The number of carbonyl (C=O) groups is 3. The molecule has 3 amide bonds. The van der Waals surface area contributed by atoms with Gasteiger partial charge in [-0.05, 0) is 22.4 Å². The van der Waals surface area contributed by atoms with Gasteiger partial charge in [0.1, 0.15) is 6.04 Å². The molecule has 0 aliphatic heterocycles. The van der Waals surface area contributed by atoms with Gasteiger partial charge in [0.05, 0.1) is 6.42 Å². The Morgan fingerprint density at radius 2 is 2.21 bits per heavy atom. The van der Waals surface area contributed by atoms with Crippen molar-refractivity contribution in [3.63, 3.8) is 0 Å². The van der Waals surface area contributed by atoms with Crippen LogP contribution in [0.1, 0.15) is 12.0 Å². The number of nitrogens with one attached hydrogen (secondary N) is 1. The van der Waals surface area contributed by atoms with E-state index >= 15 is 0 Å². The summed E-state index contributed by atoms with van der Waals surface area (Å²) in [5.74, 6) is -2.08. The summed E-state index contributed by atoms with van der Waals surface area (Å²) < 4.78 is 0. The highest BCUT2D eigenvalue weighted by molar-refractivity contribution is 7.07. The number of nitrogens with zero attached hydrogens (tertiary/aromatic N) is 1. The molecule has 104 valence electrons. The summed E-state index contributed by atoms with van der Waals surface area (Å²) in [5.41, 5.74) is 5.88. The molecular formula is C11H15N3O4S. The van der Waals surface area contributed by atoms with Crippen molar-refractivity contribution in [1.82, 2.24) is 10.2 Å². The average molecular weight is 285 g/mol. The van der Waals surface area contributed by atoms with E-state index < -0.39 is 30.4 Å². The molecule has 7 nitrogen and oxygen atoms in total. The number of thiophene rings is 1. The predicted molar refractivity (Wildman–Crippen MR) is 69.6 cm³/mol. The van der Waals surface area contributed by atoms with Crippen LogP contribution in [0.25, 0.3) is 0 Å². The molecular weight excluding hydrogens is 270 g/mol. The van der Waals surface area contributed by atoms with Gasteiger partial charge >= 0.3 is 12.0 Å². The fourth-order valence-electron chi connectivity index (χ4n) is 1.39. The van der Waals surface area contributed by atoms with Crippen molar-refractivity contribution >= 4 is 29.2 Å². The van der Waals surface area contributed by atoms with E-state index in [0.29, 0.717) is 6.54 Å². The summed E-state index contributed by atoms with van der Waals surface area (Å²) in [6, 6.07) is -0.0122. The van der Waals surface area contributed by atoms with Crippen LogP contribution in [0.3, 0.4) is 0 Å². The molecule has 4 N–H and O–H groups in total. The first-order chi connectivity index (χ1) is 8.90. The van der Waals surface area contributed by atoms with Crippen LogP contribution < -0.4 is 11.1 Å². The van der Waals surface area contributed by atoms with E-state index in [9.17, 15) is 14.4 Å². The first-order valence-corrected chi connectivity index (χ1v) is 6.38. The van der Waals surface area contributed by atoms with Crippen LogP contribution in [0.4, 0.5) is 4.79 Å². The summed E-state index contributed by atoms with van der Waals surface area (Å²) in [5, 5.41) is 14.9. The molecule has 1 rings (SSSR count). The average Bonchev–Trinajstić information content (AvgIpc) is 2.79. The largest absolute Gasteiger partial charge is 0.480 e. The Morgan fingerprint density at radius 3 is 2.68 bits per heavy atom. The molecule has 0 aromatic carbocycles. The van der Waals surface area contributed by atoms with Gasteiger partial charge in [-0.15, -0.1) is 0 Å². The van der Waals surface area contributed by atoms with Crippen LogP contribution >= 0.6 is 11.3 Å². The molecule has 19 heavy (non-hydrogen) atoms. The number of carboxylic acid groups (broad SMARTS) is 1. The SMILES string of the molecule is CN(Cc1ccsc1)C(=O)NC(CC(N)=O)C(=O)O. The molecule has 0 saturated carbocycles. The van der Waals surface area contributed by atoms with E-state index in [1.807, 2.05) is 16.8 Å². The van der Waals surface area contributed by atoms with E-state index in [2.05, 4.69) is 5.32 Å². The number of hydrogen-bond donors (Lipinski definition) is 3. The second-order valence-corrected chi connectivity index (χ2v) is 4.78. The zero-order valence-electron chi connectivity index (χ0n) is 10.3. The van der Waals surface area contributed by atoms with Gasteiger partial charge in [-0.3, -0.25) is 4.79 Å². The van der Waals surface area contributed by atoms with Gasteiger partial charge in [0.15, 0.2) is 0 Å². The first kappa shape index (κ1) is 15.0. The van der Waals surface area contributed by atoms with Crippen molar-refractivity contribution < 1.29 is 19.5 Å². The second kappa shape index (κ2) is 6.74. The van der Waals surface area contributed by atoms with Crippen molar-refractivity contribution in [3.05, 3.63) is 22.4 Å². The molecule has 0 aliphatic carbocycles. The molecule has 0 radical (unpaired) electrons. The zero-order valence-corrected chi connectivity index (χ0v) is 11.1. The maximum Gasteiger partial charge on any atom is 0.326 e. The van der Waals surface area contributed by atoms with Gasteiger partial charge in [0.2, 0.25) is 5.91 Å². The van der Waals surface area contributed by atoms with E-state index in [-0.39, 0.29) is 0 Å². The molecule has 0 aliphatic rings. The Morgan fingerprint density at radius 1 is 1.53 bits per heavy atom. The Balaban J connectivity index is 2.56. The topological polar surface area (TPSA) is 113 Å². The van der Waals surface area contributed by atoms with Gasteiger partial charge in [0.25, 0.3) is 0 Å². The van der Waals surface area contributed by atoms with Crippen LogP contribution in [0.15, 0.2) is 16.8 Å². The Hall–Kier alpha value is -2.09. The van der Waals surface area contributed by atoms with Crippen LogP contribution in [-0.2, 0) is 16.1 Å². The Bertz CT molecular complexity index is 461. The standard InChI is InChI=1S/C11H15N3O4S/c1-14(5-7-2-3-19-6-7)11(18)13-8(10(16)17)4-9(12)15/h2-3,6,8H,4-5H2,1H3,(H2,12,15)(H,13,18)(H,16,17). The minimum Gasteiger partial charge on any atom is -0.480 e. The molecule has 0 fully saturated rings. The summed E-state index contributed by atoms with van der Waals surface area (Å²) in [4.78, 5) is 34.7. The van der Waals surface area contributed by atoms with Gasteiger partial charge in [0, 0.05) is 13.6 Å². The van der Waals surface area contributed by atoms with Gasteiger partial charge in [-0.2, -0.15) is 11.3 Å². The third-order valence-corrected chi connectivity index (χ3v) is 3.08. The lowest BCUT2D eigenvalue weighted by Gasteiger charge is -2.20. The lowest BCUT2D eigenvalue weighted by molar-refractivity contribution is -0.140. The summed E-state index contributed by atoms with van der Waals surface area (Å²) in [7, 11) is 1.54. The summed E-state index contributed by atoms with van der Waals surface area (Å²) in [6.45, 7) is 0.359. The van der Waals surface area contributed by atoms with Crippen LogP contribution in [0.2, 0.25) is 0 Å². The first-order valence-electron chi connectivity index (χ1n) is 5.44. The minimum absolute atomic E-state index is 0.359. The highest BCUT2D eigenvalue weighted by Crippen LogP contribution is 2.08. The summed E-state index contributed by atoms with van der Waals surface area (Å²) in [6.07, 6.45) is -0.437. The highest BCUT2D eigenvalue weighted by atomic mass is 32.1. The third-order valence-electron chi connectivity index (χ3n) is 2.35. The fraction of sp³-hybridized carbons (Fsp3) is 0.364. The maximum atomic E-state index is 11.8. The van der Waals surface area contributed by atoms with Crippen LogP contribution in [0.5, 0.6) is 0 Å². The van der Waals surface area contributed by atoms with Crippen molar-refractivity contribution in [2.45, 2.75) is 19.0 Å². The monoisotopic (exact) mass is 285 g/mol. The van der Waals surface area contributed by atoms with E-state index in [1.165, 1.54) is 23.3 Å². The van der Waals surface area contributed by atoms with Gasteiger partial charge < -0.3 is 21.1 Å². The smallest absolute Gasteiger partial charge is 0.326 e. The molecule has 1 unspecified atom stereocenters. The molecule has 1 heterocycles. The number of nitrogens with two attached hydrogens (primary N) is 1. The molecule has 1 aromatic rings. The number of hydrogen-bond acceptors (Lipinski definition) is 4. The lowest BCUT2D eigenvalue weighted by Crippen LogP contribution is -2.47. The molecule has 0 spiro atoms. The molecule has 8 heteroatoms. The molecule has 1 atom stereocenters. The zero-order chi connectivity index (χ0) is 14.4. The van der Waals surface area contributed by atoms with E-state index in [4.69, 9.17) is 10.8 Å². The van der Waals surface area contributed by atoms with E-state index in [0.717, 1.165) is 5.56 Å². The maximum absolute atomic E-state index is 11.8. The summed E-state index contributed by atoms with van der Waals surface area (Å²) >= 11 is 1.51. The van der Waals surface area contributed by atoms with Gasteiger partial charge in [-0.25, -0.2) is 9.59 Å². The number of carbonyl (C=O) groups excluding carboxylic acids is 2. The van der Waals surface area contributed by atoms with Crippen molar-refractivity contribution in [2.24, 2.45) is 5.73 Å². The molecule has 1 aromatic heterocycles. The second-order valence-electron chi connectivity index (χ2n) is 4.00. The number of urea groups is 1. The van der Waals surface area contributed by atoms with Gasteiger partial charge in [-0.1, -0.05) is 0 Å². The number of primary amides is 1. The molecule has 0 bridgehead atoms. The normalized spacial score (nSPS) is 11.6. The number of carboxylic acids is 1. The lowest BCUT2D eigenvalue weighted by atomic mass is 10.2. The van der Waals surface area contributed by atoms with Crippen molar-refractivity contribution in [2.75, 3.05) is 7.05 Å². The van der Waals surface area contributed by atoms with Crippen molar-refractivity contribution in [1.29, 1.82) is 0 Å². The highest BCUT2D eigenvalue weighted by Gasteiger charge is 2.23. The number of amides is 3. The third kappa shape index (κ3) is 4.96. The van der Waals surface area contributed by atoms with Crippen LogP contribution in [0, 0.1) is 0 Å². The van der Waals surface area contributed by atoms with E-state index in [1.54, 1.807) is 0 Å². The fourth-order valence-corrected chi connectivity index (χ4v) is 2.05. The Labute approximate surface area is 114 Å². The predicted octanol–water partition coefficient (Wildman–Crippen LogP) is 0.218. The number of rotatable bonds is 6. The van der Waals surface area contributed by atoms with Crippen molar-refractivity contribution in [3.8, 4) is 0 Å². The minimum atomic E-state index is -1.31.